The molecular weight excluding hydrogens is 390 g/mol. The average molecular weight is 418 g/mol. The third kappa shape index (κ3) is 7.30. The van der Waals surface area contributed by atoms with Gasteiger partial charge in [0, 0.05) is 16.9 Å². The summed E-state index contributed by atoms with van der Waals surface area (Å²) in [6, 6.07) is 24.5. The van der Waals surface area contributed by atoms with Crippen LogP contribution in [0.4, 0.5) is 11.4 Å². The van der Waals surface area contributed by atoms with Crippen LogP contribution in [0, 0.1) is 0 Å². The van der Waals surface area contributed by atoms with Gasteiger partial charge in [-0.05, 0) is 54.8 Å². The summed E-state index contributed by atoms with van der Waals surface area (Å²) in [5.74, 6) is -0.268. The van der Waals surface area contributed by atoms with E-state index < -0.39 is 5.97 Å². The van der Waals surface area contributed by atoms with Crippen LogP contribution in [0.2, 0.25) is 0 Å². The largest absolute Gasteiger partial charge is 0.482 e. The Morgan fingerprint density at radius 2 is 1.48 bits per heavy atom. The molecule has 0 atom stereocenters. The first kappa shape index (κ1) is 22.1. The Morgan fingerprint density at radius 3 is 2.16 bits per heavy atom. The van der Waals surface area contributed by atoms with E-state index in [4.69, 9.17) is 9.47 Å². The van der Waals surface area contributed by atoms with Crippen LogP contribution in [0.3, 0.4) is 0 Å². The van der Waals surface area contributed by atoms with E-state index in [1.807, 2.05) is 54.6 Å². The first-order valence-corrected chi connectivity index (χ1v) is 10.5. The monoisotopic (exact) mass is 417 g/mol. The van der Waals surface area contributed by atoms with Gasteiger partial charge in [0.25, 0.3) is 0 Å². The molecule has 1 N–H and O–H groups in total. The minimum atomic E-state index is -0.584. The number of benzene rings is 3. The molecule has 0 spiro atoms. The van der Waals surface area contributed by atoms with Crippen molar-refractivity contribution in [1.29, 1.82) is 0 Å². The maximum Gasteiger partial charge on any atom is 0.344 e. The Balaban J connectivity index is 1.40. The number of carbonyl (C=O) groups is 2. The molecule has 0 heterocycles. The van der Waals surface area contributed by atoms with Crippen molar-refractivity contribution in [3.8, 4) is 5.75 Å². The number of hydrogen-bond acceptors (Lipinski definition) is 5. The number of anilines is 2. The van der Waals surface area contributed by atoms with E-state index in [-0.39, 0.29) is 19.0 Å². The first-order chi connectivity index (χ1) is 15.1. The second-order valence-electron chi connectivity index (χ2n) is 7.19. The van der Waals surface area contributed by atoms with Crippen molar-refractivity contribution in [2.24, 2.45) is 0 Å². The van der Waals surface area contributed by atoms with Gasteiger partial charge in [0.05, 0.1) is 0 Å². The van der Waals surface area contributed by atoms with E-state index in [1.165, 1.54) is 5.56 Å². The van der Waals surface area contributed by atoms with Crippen LogP contribution < -0.4 is 10.1 Å². The number of ketones is 1. The Hall–Kier alpha value is -3.60. The van der Waals surface area contributed by atoms with E-state index in [9.17, 15) is 9.59 Å². The standard InChI is InChI=1S/C26H27NO4/c1-2-3-7-20-10-12-21(13-11-20)25(28)18-31-26(29)19-30-24-16-14-23(15-17-24)27-22-8-5-4-6-9-22/h4-6,8-17,27H,2-3,7,18-19H2,1H3. The molecule has 3 aromatic carbocycles. The number of ether oxygens (including phenoxy) is 2. The number of unbranched alkanes of at least 4 members (excludes halogenated alkanes) is 1. The molecule has 0 fully saturated rings. The summed E-state index contributed by atoms with van der Waals surface area (Å²) in [4.78, 5) is 24.1. The van der Waals surface area contributed by atoms with E-state index in [0.717, 1.165) is 30.6 Å². The zero-order valence-electron chi connectivity index (χ0n) is 17.7. The molecule has 0 saturated heterocycles. The number of nitrogens with one attached hydrogen (secondary N) is 1. The second kappa shape index (κ2) is 11.6. The molecule has 0 saturated carbocycles. The summed E-state index contributed by atoms with van der Waals surface area (Å²) >= 11 is 0. The molecule has 5 nitrogen and oxygen atoms in total. The highest BCUT2D eigenvalue weighted by Crippen LogP contribution is 2.19. The highest BCUT2D eigenvalue weighted by molar-refractivity contribution is 5.98. The molecule has 3 aromatic rings. The number of Topliss-reactive ketones (excluding diaryl/α,β-unsaturated/α-hetero) is 1. The van der Waals surface area contributed by atoms with Crippen LogP contribution >= 0.6 is 0 Å². The normalized spacial score (nSPS) is 10.4. The van der Waals surface area contributed by atoms with Crippen molar-refractivity contribution in [3.63, 3.8) is 0 Å². The summed E-state index contributed by atoms with van der Waals surface area (Å²) in [5, 5.41) is 3.27. The molecule has 5 heteroatoms. The molecule has 3 rings (SSSR count). The highest BCUT2D eigenvalue weighted by Gasteiger charge is 2.11. The molecule has 0 aliphatic heterocycles. The quantitative estimate of drug-likeness (QED) is 0.326. The van der Waals surface area contributed by atoms with Crippen LogP contribution in [0.1, 0.15) is 35.7 Å². The van der Waals surface area contributed by atoms with Gasteiger partial charge in [-0.3, -0.25) is 4.79 Å². The van der Waals surface area contributed by atoms with Gasteiger partial charge in [-0.25, -0.2) is 4.79 Å². The summed E-state index contributed by atoms with van der Waals surface area (Å²) in [6.45, 7) is 1.60. The minimum Gasteiger partial charge on any atom is -0.482 e. The average Bonchev–Trinajstić information content (AvgIpc) is 2.81. The first-order valence-electron chi connectivity index (χ1n) is 10.5. The summed E-state index contributed by atoms with van der Waals surface area (Å²) < 4.78 is 10.5. The fourth-order valence-corrected chi connectivity index (χ4v) is 2.97. The van der Waals surface area contributed by atoms with E-state index in [2.05, 4.69) is 12.2 Å². The third-order valence-electron chi connectivity index (χ3n) is 4.73. The zero-order valence-corrected chi connectivity index (χ0v) is 17.7. The van der Waals surface area contributed by atoms with Gasteiger partial charge in [-0.15, -0.1) is 0 Å². The van der Waals surface area contributed by atoms with Crippen LogP contribution in [0.5, 0.6) is 5.75 Å². The zero-order chi connectivity index (χ0) is 21.9. The van der Waals surface area contributed by atoms with Gasteiger partial charge in [0.1, 0.15) is 5.75 Å². The van der Waals surface area contributed by atoms with E-state index in [1.54, 1.807) is 24.3 Å². The van der Waals surface area contributed by atoms with Gasteiger partial charge in [-0.1, -0.05) is 55.8 Å². The lowest BCUT2D eigenvalue weighted by molar-refractivity contribution is -0.144. The van der Waals surface area contributed by atoms with Crippen LogP contribution in [0.25, 0.3) is 0 Å². The summed E-state index contributed by atoms with van der Waals surface area (Å²) in [6.07, 6.45) is 3.26. The van der Waals surface area contributed by atoms with Crippen molar-refractivity contribution in [2.45, 2.75) is 26.2 Å². The number of rotatable bonds is 11. The van der Waals surface area contributed by atoms with Gasteiger partial charge in [-0.2, -0.15) is 0 Å². The summed E-state index contributed by atoms with van der Waals surface area (Å²) in [5.41, 5.74) is 3.64. The van der Waals surface area contributed by atoms with Crippen LogP contribution in [-0.2, 0) is 16.0 Å². The molecule has 0 aliphatic rings. The number of aryl methyl sites for hydroxylation is 1. The van der Waals surface area contributed by atoms with Crippen LogP contribution in [0.15, 0.2) is 78.9 Å². The van der Waals surface area contributed by atoms with Crippen molar-refractivity contribution < 1.29 is 19.1 Å². The molecule has 0 bridgehead atoms. The lowest BCUT2D eigenvalue weighted by Gasteiger charge is -2.09. The lowest BCUT2D eigenvalue weighted by Crippen LogP contribution is -2.19. The van der Waals surface area contributed by atoms with Gasteiger partial charge < -0.3 is 14.8 Å². The predicted octanol–water partition coefficient (Wildman–Crippen LogP) is 5.58. The summed E-state index contributed by atoms with van der Waals surface area (Å²) in [7, 11) is 0. The number of esters is 1. The lowest BCUT2D eigenvalue weighted by atomic mass is 10.0. The Kier molecular flexibility index (Phi) is 8.23. The Labute approximate surface area is 183 Å². The highest BCUT2D eigenvalue weighted by atomic mass is 16.6. The Bertz CT molecular complexity index is 967. The molecule has 0 unspecified atom stereocenters. The molecule has 0 aromatic heterocycles. The smallest absolute Gasteiger partial charge is 0.344 e. The van der Waals surface area contributed by atoms with Crippen molar-refractivity contribution in [2.75, 3.05) is 18.5 Å². The number of para-hydroxylation sites is 1. The van der Waals surface area contributed by atoms with E-state index >= 15 is 0 Å². The SMILES string of the molecule is CCCCc1ccc(C(=O)COC(=O)COc2ccc(Nc3ccccc3)cc2)cc1. The predicted molar refractivity (Wildman–Crippen MR) is 122 cm³/mol. The third-order valence-corrected chi connectivity index (χ3v) is 4.73. The molecule has 31 heavy (non-hydrogen) atoms. The molecular formula is C26H27NO4. The molecule has 160 valence electrons. The van der Waals surface area contributed by atoms with Crippen molar-refractivity contribution >= 4 is 23.1 Å². The molecule has 0 radical (unpaired) electrons. The molecule has 0 aliphatic carbocycles. The van der Waals surface area contributed by atoms with E-state index in [0.29, 0.717) is 11.3 Å². The fraction of sp³-hybridized carbons (Fsp3) is 0.231. The van der Waals surface area contributed by atoms with Gasteiger partial charge in [0.2, 0.25) is 0 Å². The van der Waals surface area contributed by atoms with Crippen molar-refractivity contribution in [1.82, 2.24) is 0 Å². The topological polar surface area (TPSA) is 64.6 Å². The maximum atomic E-state index is 12.2. The number of carbonyl (C=O) groups excluding carboxylic acids is 2. The fourth-order valence-electron chi connectivity index (χ4n) is 2.97. The number of hydrogen-bond donors (Lipinski definition) is 1. The Morgan fingerprint density at radius 1 is 0.806 bits per heavy atom. The van der Waals surface area contributed by atoms with Gasteiger partial charge in [0.15, 0.2) is 19.0 Å². The minimum absolute atomic E-state index is 0.230. The second-order valence-corrected chi connectivity index (χ2v) is 7.19. The van der Waals surface area contributed by atoms with Crippen molar-refractivity contribution in [3.05, 3.63) is 90.0 Å². The molecule has 0 amide bonds. The maximum absolute atomic E-state index is 12.2. The van der Waals surface area contributed by atoms with Gasteiger partial charge >= 0.3 is 5.97 Å². The van der Waals surface area contributed by atoms with Crippen LogP contribution in [-0.4, -0.2) is 25.0 Å².